The molecule has 4 heteroatoms. The monoisotopic (exact) mass is 248 g/mol. The van der Waals surface area contributed by atoms with Crippen molar-refractivity contribution in [3.8, 4) is 0 Å². The third kappa shape index (κ3) is 2.44. The van der Waals surface area contributed by atoms with Crippen molar-refractivity contribution in [3.63, 3.8) is 0 Å². The highest BCUT2D eigenvalue weighted by molar-refractivity contribution is 4.99. The van der Waals surface area contributed by atoms with Gasteiger partial charge in [-0.3, -0.25) is 4.68 Å². The lowest BCUT2D eigenvalue weighted by molar-refractivity contribution is 0.293. The third-order valence-corrected chi connectivity index (χ3v) is 4.41. The fraction of sp³-hybridized carbons (Fsp3) is 0.857. The van der Waals surface area contributed by atoms with Gasteiger partial charge in [-0.15, -0.1) is 0 Å². The zero-order chi connectivity index (χ0) is 12.5. The Morgan fingerprint density at radius 2 is 2.00 bits per heavy atom. The van der Waals surface area contributed by atoms with Crippen molar-refractivity contribution >= 4 is 0 Å². The van der Waals surface area contributed by atoms with Gasteiger partial charge in [-0.05, 0) is 38.0 Å². The molecule has 3 heterocycles. The predicted molar refractivity (Wildman–Crippen MR) is 71.4 cm³/mol. The Labute approximate surface area is 109 Å². The van der Waals surface area contributed by atoms with Gasteiger partial charge < -0.3 is 5.32 Å². The number of aryl methyl sites for hydroxylation is 2. The van der Waals surface area contributed by atoms with E-state index >= 15 is 0 Å². The first-order chi connectivity index (χ1) is 8.74. The summed E-state index contributed by atoms with van der Waals surface area (Å²) in [6.45, 7) is 2.18. The molecule has 2 aliphatic heterocycles. The fourth-order valence-electron chi connectivity index (χ4n) is 3.58. The number of fused-ring (bicyclic) bond motifs is 2. The Bertz CT molecular complexity index is 400. The number of aromatic nitrogens is 3. The maximum Gasteiger partial charge on any atom is 0.150 e. The minimum atomic E-state index is 0.775. The molecular weight excluding hydrogens is 224 g/mol. The zero-order valence-electron chi connectivity index (χ0n) is 11.5. The van der Waals surface area contributed by atoms with Crippen LogP contribution in [0, 0.1) is 5.92 Å². The van der Waals surface area contributed by atoms with Crippen molar-refractivity contribution in [3.05, 3.63) is 11.6 Å². The van der Waals surface area contributed by atoms with E-state index in [2.05, 4.69) is 17.3 Å². The Hall–Kier alpha value is -0.900. The van der Waals surface area contributed by atoms with Crippen LogP contribution < -0.4 is 5.32 Å². The third-order valence-electron chi connectivity index (χ3n) is 4.41. The van der Waals surface area contributed by atoms with Gasteiger partial charge in [0.15, 0.2) is 5.82 Å². The Balaban J connectivity index is 1.65. The van der Waals surface area contributed by atoms with Crippen LogP contribution in [0.25, 0.3) is 0 Å². The molecule has 2 bridgehead atoms. The first-order valence-corrected chi connectivity index (χ1v) is 7.39. The summed E-state index contributed by atoms with van der Waals surface area (Å²) >= 11 is 0. The van der Waals surface area contributed by atoms with E-state index in [1.807, 2.05) is 11.7 Å². The maximum absolute atomic E-state index is 4.70. The quantitative estimate of drug-likeness (QED) is 0.884. The lowest BCUT2D eigenvalue weighted by atomic mass is 9.89. The second kappa shape index (κ2) is 5.00. The van der Waals surface area contributed by atoms with Gasteiger partial charge in [-0.25, -0.2) is 4.98 Å². The number of rotatable bonds is 4. The number of piperidine rings is 1. The molecule has 3 rings (SSSR count). The highest BCUT2D eigenvalue weighted by Crippen LogP contribution is 2.32. The van der Waals surface area contributed by atoms with Crippen molar-refractivity contribution in [2.75, 3.05) is 0 Å². The topological polar surface area (TPSA) is 42.7 Å². The van der Waals surface area contributed by atoms with E-state index in [1.165, 1.54) is 31.5 Å². The molecule has 1 aromatic heterocycles. The van der Waals surface area contributed by atoms with Crippen LogP contribution in [0.4, 0.5) is 0 Å². The lowest BCUT2D eigenvalue weighted by Crippen LogP contribution is -2.38. The first kappa shape index (κ1) is 12.2. The molecule has 0 saturated carbocycles. The summed E-state index contributed by atoms with van der Waals surface area (Å²) in [4.78, 5) is 4.70. The normalized spacial score (nSPS) is 30.9. The van der Waals surface area contributed by atoms with E-state index in [0.717, 1.165) is 43.1 Å². The van der Waals surface area contributed by atoms with Crippen LogP contribution in [0.1, 0.15) is 50.7 Å². The van der Waals surface area contributed by atoms with Gasteiger partial charge in [-0.1, -0.05) is 6.92 Å². The van der Waals surface area contributed by atoms with Crippen LogP contribution in [0.15, 0.2) is 0 Å². The van der Waals surface area contributed by atoms with Crippen LogP contribution >= 0.6 is 0 Å². The highest BCUT2D eigenvalue weighted by Gasteiger charge is 2.33. The molecule has 100 valence electrons. The average molecular weight is 248 g/mol. The zero-order valence-corrected chi connectivity index (χ0v) is 11.5. The summed E-state index contributed by atoms with van der Waals surface area (Å²) in [5.41, 5.74) is 0. The van der Waals surface area contributed by atoms with Gasteiger partial charge in [0, 0.05) is 32.0 Å². The second-order valence-electron chi connectivity index (χ2n) is 6.00. The Kier molecular flexibility index (Phi) is 3.37. The average Bonchev–Trinajstić information content (AvgIpc) is 2.84. The minimum Gasteiger partial charge on any atom is -0.311 e. The van der Waals surface area contributed by atoms with E-state index in [9.17, 15) is 0 Å². The molecule has 2 saturated heterocycles. The summed E-state index contributed by atoms with van der Waals surface area (Å²) in [5.74, 6) is 3.01. The van der Waals surface area contributed by atoms with Crippen LogP contribution in [-0.4, -0.2) is 26.8 Å². The van der Waals surface area contributed by atoms with Gasteiger partial charge in [0.1, 0.15) is 5.82 Å². The highest BCUT2D eigenvalue weighted by atomic mass is 15.3. The molecule has 0 radical (unpaired) electrons. The molecule has 0 amide bonds. The molecular formula is C14H24N4. The molecule has 1 N–H and O–H groups in total. The second-order valence-corrected chi connectivity index (χ2v) is 6.00. The smallest absolute Gasteiger partial charge is 0.150 e. The van der Waals surface area contributed by atoms with Crippen LogP contribution in [0.2, 0.25) is 0 Å². The summed E-state index contributed by atoms with van der Waals surface area (Å²) in [5, 5.41) is 8.21. The Morgan fingerprint density at radius 3 is 2.67 bits per heavy atom. The van der Waals surface area contributed by atoms with E-state index < -0.39 is 0 Å². The van der Waals surface area contributed by atoms with E-state index in [-0.39, 0.29) is 0 Å². The van der Waals surface area contributed by atoms with E-state index in [1.54, 1.807) is 0 Å². The molecule has 0 aromatic carbocycles. The standard InChI is InChI=1S/C14H24N4/c1-3-4-13-16-14(18(2)17-13)9-10-7-11-5-6-12(8-10)15-11/h10-12,15H,3-9H2,1-2H3. The number of hydrogen-bond donors (Lipinski definition) is 1. The molecule has 4 nitrogen and oxygen atoms in total. The fourth-order valence-corrected chi connectivity index (χ4v) is 3.58. The van der Waals surface area contributed by atoms with Crippen molar-refractivity contribution in [2.45, 2.75) is 64.0 Å². The molecule has 0 aliphatic carbocycles. The van der Waals surface area contributed by atoms with Gasteiger partial charge in [0.25, 0.3) is 0 Å². The molecule has 2 atom stereocenters. The summed E-state index contributed by atoms with van der Waals surface area (Å²) in [6, 6.07) is 1.55. The summed E-state index contributed by atoms with van der Waals surface area (Å²) < 4.78 is 1.99. The summed E-state index contributed by atoms with van der Waals surface area (Å²) in [7, 11) is 2.04. The summed E-state index contributed by atoms with van der Waals surface area (Å²) in [6.07, 6.45) is 8.65. The Morgan fingerprint density at radius 1 is 1.28 bits per heavy atom. The van der Waals surface area contributed by atoms with Crippen LogP contribution in [0.3, 0.4) is 0 Å². The minimum absolute atomic E-state index is 0.775. The van der Waals surface area contributed by atoms with E-state index in [4.69, 9.17) is 4.98 Å². The van der Waals surface area contributed by atoms with Gasteiger partial charge in [0.2, 0.25) is 0 Å². The molecule has 0 spiro atoms. The van der Waals surface area contributed by atoms with Gasteiger partial charge >= 0.3 is 0 Å². The van der Waals surface area contributed by atoms with Crippen molar-refractivity contribution in [2.24, 2.45) is 13.0 Å². The van der Waals surface area contributed by atoms with Gasteiger partial charge in [-0.2, -0.15) is 5.10 Å². The maximum atomic E-state index is 4.70. The SMILES string of the molecule is CCCc1nc(CC2CC3CCC(C2)N3)n(C)n1. The molecule has 18 heavy (non-hydrogen) atoms. The van der Waals surface area contributed by atoms with Gasteiger partial charge in [0.05, 0.1) is 0 Å². The lowest BCUT2D eigenvalue weighted by Gasteiger charge is -2.28. The molecule has 2 aliphatic rings. The number of hydrogen-bond acceptors (Lipinski definition) is 3. The predicted octanol–water partition coefficient (Wildman–Crippen LogP) is 1.84. The van der Waals surface area contributed by atoms with E-state index in [0.29, 0.717) is 0 Å². The first-order valence-electron chi connectivity index (χ1n) is 7.39. The van der Waals surface area contributed by atoms with Crippen LogP contribution in [0.5, 0.6) is 0 Å². The number of nitrogens with one attached hydrogen (secondary N) is 1. The van der Waals surface area contributed by atoms with Crippen molar-refractivity contribution in [1.82, 2.24) is 20.1 Å². The van der Waals surface area contributed by atoms with Crippen molar-refractivity contribution in [1.29, 1.82) is 0 Å². The number of nitrogens with zero attached hydrogens (tertiary/aromatic N) is 3. The van der Waals surface area contributed by atoms with Crippen molar-refractivity contribution < 1.29 is 0 Å². The largest absolute Gasteiger partial charge is 0.311 e. The van der Waals surface area contributed by atoms with Crippen LogP contribution in [-0.2, 0) is 19.9 Å². The molecule has 2 unspecified atom stereocenters. The molecule has 1 aromatic rings. The molecule has 2 fully saturated rings.